The minimum Gasteiger partial charge on any atom is -0.484 e. The third kappa shape index (κ3) is 9.48. The Morgan fingerprint density at radius 1 is 0.914 bits per heavy atom. The molecule has 0 saturated carbocycles. The third-order valence-corrected chi connectivity index (χ3v) is 4.63. The summed E-state index contributed by atoms with van der Waals surface area (Å²) >= 11 is 0. The van der Waals surface area contributed by atoms with Gasteiger partial charge in [0.2, 0.25) is 0 Å². The summed E-state index contributed by atoms with van der Waals surface area (Å²) < 4.78 is 45.5. The fraction of sp³-hybridized carbons (Fsp3) is 0.269. The average molecular weight is 492 g/mol. The second kappa shape index (κ2) is 13.7. The molecule has 0 unspecified atom stereocenters. The van der Waals surface area contributed by atoms with Gasteiger partial charge in [0.1, 0.15) is 5.75 Å². The van der Waals surface area contributed by atoms with Crippen LogP contribution < -0.4 is 21.1 Å². The topological polar surface area (TPSA) is 90.8 Å². The molecule has 0 aliphatic rings. The summed E-state index contributed by atoms with van der Waals surface area (Å²) in [6, 6.07) is 18.9. The minimum absolute atomic E-state index is 0.183. The normalized spacial score (nSPS) is 10.2. The maximum atomic E-state index is 12.1. The van der Waals surface area contributed by atoms with Gasteiger partial charge in [-0.1, -0.05) is 26.0 Å². The Bertz CT molecular complexity index is 1070. The molecule has 0 saturated heterocycles. The highest BCUT2D eigenvalue weighted by Crippen LogP contribution is 2.28. The van der Waals surface area contributed by atoms with Gasteiger partial charge in [-0.15, -0.1) is 0 Å². The first-order chi connectivity index (χ1) is 16.5. The highest BCUT2D eigenvalue weighted by Gasteiger charge is 2.28. The van der Waals surface area contributed by atoms with Gasteiger partial charge in [-0.3, -0.25) is 0 Å². The number of nitrogen functional groups attached to an aromatic ring is 2. The van der Waals surface area contributed by atoms with Gasteiger partial charge in [-0.2, -0.15) is 13.2 Å². The zero-order valence-electron chi connectivity index (χ0n) is 20.5. The van der Waals surface area contributed by atoms with E-state index in [2.05, 4.69) is 9.47 Å². The predicted octanol–water partition coefficient (Wildman–Crippen LogP) is 6.37. The lowest BCUT2D eigenvalue weighted by atomic mass is 10.1. The van der Waals surface area contributed by atoms with Gasteiger partial charge in [0.15, 0.2) is 6.61 Å². The van der Waals surface area contributed by atoms with Crippen LogP contribution in [0.4, 0.5) is 35.9 Å². The summed E-state index contributed by atoms with van der Waals surface area (Å²) in [7, 11) is 3.20. The summed E-state index contributed by atoms with van der Waals surface area (Å²) in [6.07, 6.45) is -4.34. The lowest BCUT2D eigenvalue weighted by Gasteiger charge is -2.21. The van der Waals surface area contributed by atoms with Crippen LogP contribution >= 0.6 is 0 Å². The fourth-order valence-corrected chi connectivity index (χ4v) is 2.74. The van der Waals surface area contributed by atoms with Crippen LogP contribution in [0.5, 0.6) is 5.75 Å². The van der Waals surface area contributed by atoms with Crippen LogP contribution in [-0.2, 0) is 4.74 Å². The van der Waals surface area contributed by atoms with E-state index in [9.17, 15) is 18.0 Å². The molecule has 35 heavy (non-hydrogen) atoms. The molecule has 0 aromatic heterocycles. The highest BCUT2D eigenvalue weighted by molar-refractivity contribution is 5.94. The number of aryl methyl sites for hydroxylation is 1. The molecule has 3 rings (SSSR count). The number of methoxy groups -OCH3 is 1. The number of nitrogens with two attached hydrogens (primary N) is 2. The number of nitrogens with zero attached hydrogens (tertiary/aromatic N) is 1. The summed E-state index contributed by atoms with van der Waals surface area (Å²) in [5, 5.41) is 0. The van der Waals surface area contributed by atoms with Crippen molar-refractivity contribution >= 4 is 28.7 Å². The maximum Gasteiger partial charge on any atom is 0.422 e. The van der Waals surface area contributed by atoms with Crippen molar-refractivity contribution in [2.24, 2.45) is 0 Å². The SMILES string of the molecule is CC.COC(=O)c1ccccc1N.Cc1cc(N(C)c2ccc(OCC(F)(F)F)cc2)ccc1N. The number of carbonyl (C=O) groups is 1. The monoisotopic (exact) mass is 491 g/mol. The molecule has 0 aliphatic carbocycles. The van der Waals surface area contributed by atoms with E-state index in [1.807, 2.05) is 50.9 Å². The smallest absolute Gasteiger partial charge is 0.422 e. The Labute approximate surface area is 204 Å². The molecule has 190 valence electrons. The van der Waals surface area contributed by atoms with Gasteiger partial charge in [0.25, 0.3) is 0 Å². The van der Waals surface area contributed by atoms with Crippen LogP contribution in [0, 0.1) is 6.92 Å². The summed E-state index contributed by atoms with van der Waals surface area (Å²) in [5.74, 6) is -0.217. The van der Waals surface area contributed by atoms with E-state index < -0.39 is 18.8 Å². The Balaban J connectivity index is 0.000000395. The highest BCUT2D eigenvalue weighted by atomic mass is 19.4. The standard InChI is InChI=1S/C16H17F3N2O.C8H9NO2.C2H6/c1-11-9-13(5-8-15(11)20)21(2)12-3-6-14(7-4-12)22-10-16(17,18)19;1-11-8(10)6-4-2-3-5-7(6)9;1-2/h3-9H,10,20H2,1-2H3;2-5H,9H2,1H3;1-2H3. The molecule has 0 atom stereocenters. The number of alkyl halides is 3. The number of para-hydroxylation sites is 1. The van der Waals surface area contributed by atoms with Crippen molar-refractivity contribution in [2.45, 2.75) is 26.9 Å². The van der Waals surface area contributed by atoms with E-state index in [0.717, 1.165) is 16.9 Å². The van der Waals surface area contributed by atoms with Gasteiger partial charge in [0, 0.05) is 29.8 Å². The Morgan fingerprint density at radius 3 is 2.00 bits per heavy atom. The van der Waals surface area contributed by atoms with E-state index in [1.54, 1.807) is 36.4 Å². The molecule has 0 amide bonds. The van der Waals surface area contributed by atoms with Crippen LogP contribution in [0.25, 0.3) is 0 Å². The molecule has 3 aromatic rings. The zero-order valence-corrected chi connectivity index (χ0v) is 20.5. The van der Waals surface area contributed by atoms with Gasteiger partial charge in [-0.25, -0.2) is 4.79 Å². The first-order valence-corrected chi connectivity index (χ1v) is 10.8. The summed E-state index contributed by atoms with van der Waals surface area (Å²) in [4.78, 5) is 12.8. The van der Waals surface area contributed by atoms with E-state index in [-0.39, 0.29) is 5.75 Å². The van der Waals surface area contributed by atoms with Crippen molar-refractivity contribution in [1.82, 2.24) is 0 Å². The van der Waals surface area contributed by atoms with Gasteiger partial charge < -0.3 is 25.8 Å². The van der Waals surface area contributed by atoms with Gasteiger partial charge >= 0.3 is 12.1 Å². The van der Waals surface area contributed by atoms with Gasteiger partial charge in [0.05, 0.1) is 12.7 Å². The Hall–Kier alpha value is -3.88. The number of rotatable bonds is 5. The predicted molar refractivity (Wildman–Crippen MR) is 135 cm³/mol. The molecule has 0 aliphatic heterocycles. The molecule has 9 heteroatoms. The number of halogens is 3. The molecular formula is C26H32F3N3O3. The number of anilines is 4. The van der Waals surface area contributed by atoms with E-state index in [0.29, 0.717) is 16.9 Å². The van der Waals surface area contributed by atoms with Crippen LogP contribution in [0.3, 0.4) is 0 Å². The third-order valence-electron chi connectivity index (χ3n) is 4.63. The van der Waals surface area contributed by atoms with Crippen molar-refractivity contribution in [2.75, 3.05) is 37.1 Å². The lowest BCUT2D eigenvalue weighted by Crippen LogP contribution is -2.19. The minimum atomic E-state index is -4.34. The van der Waals surface area contributed by atoms with Crippen molar-refractivity contribution in [3.8, 4) is 5.75 Å². The van der Waals surface area contributed by atoms with Crippen molar-refractivity contribution in [3.05, 3.63) is 77.9 Å². The van der Waals surface area contributed by atoms with Crippen LogP contribution in [0.2, 0.25) is 0 Å². The first kappa shape index (κ1) is 29.2. The Morgan fingerprint density at radius 2 is 1.49 bits per heavy atom. The maximum absolute atomic E-state index is 12.1. The van der Waals surface area contributed by atoms with Crippen LogP contribution in [0.15, 0.2) is 66.7 Å². The number of hydrogen-bond acceptors (Lipinski definition) is 6. The average Bonchev–Trinajstić information content (AvgIpc) is 2.85. The van der Waals surface area contributed by atoms with Crippen LogP contribution in [-0.4, -0.2) is 32.9 Å². The molecule has 3 aromatic carbocycles. The summed E-state index contributed by atoms with van der Waals surface area (Å²) in [5.41, 5.74) is 15.6. The zero-order chi connectivity index (χ0) is 26.6. The van der Waals surface area contributed by atoms with E-state index >= 15 is 0 Å². The number of ether oxygens (including phenoxy) is 2. The van der Waals surface area contributed by atoms with E-state index in [1.165, 1.54) is 19.2 Å². The van der Waals surface area contributed by atoms with Crippen molar-refractivity contribution < 1.29 is 27.4 Å². The Kier molecular flexibility index (Phi) is 11.4. The second-order valence-corrected chi connectivity index (χ2v) is 7.08. The molecule has 6 nitrogen and oxygen atoms in total. The number of esters is 1. The molecule has 0 bridgehead atoms. The lowest BCUT2D eigenvalue weighted by molar-refractivity contribution is -0.153. The first-order valence-electron chi connectivity index (χ1n) is 10.8. The molecule has 0 spiro atoms. The summed E-state index contributed by atoms with van der Waals surface area (Å²) in [6.45, 7) is 4.63. The number of benzene rings is 3. The van der Waals surface area contributed by atoms with Crippen molar-refractivity contribution in [3.63, 3.8) is 0 Å². The quantitative estimate of drug-likeness (QED) is 0.318. The molecular weight excluding hydrogens is 459 g/mol. The second-order valence-electron chi connectivity index (χ2n) is 7.08. The number of hydrogen-bond donors (Lipinski definition) is 2. The molecule has 0 heterocycles. The van der Waals surface area contributed by atoms with Gasteiger partial charge in [-0.05, 0) is 67.1 Å². The largest absolute Gasteiger partial charge is 0.484 e. The van der Waals surface area contributed by atoms with Crippen LogP contribution in [0.1, 0.15) is 29.8 Å². The number of carbonyl (C=O) groups excluding carboxylic acids is 1. The molecule has 0 fully saturated rings. The van der Waals surface area contributed by atoms with Crippen molar-refractivity contribution in [1.29, 1.82) is 0 Å². The fourth-order valence-electron chi connectivity index (χ4n) is 2.74. The molecule has 0 radical (unpaired) electrons. The van der Waals surface area contributed by atoms with E-state index in [4.69, 9.17) is 11.5 Å². The molecule has 4 N–H and O–H groups in total.